The third-order valence-electron chi connectivity index (χ3n) is 5.73. The van der Waals surface area contributed by atoms with E-state index in [1.165, 1.54) is 5.56 Å². The summed E-state index contributed by atoms with van der Waals surface area (Å²) in [5.74, 6) is 1.67. The zero-order valence-electron chi connectivity index (χ0n) is 19.4. The summed E-state index contributed by atoms with van der Waals surface area (Å²) in [6.45, 7) is 7.61. The number of para-hydroxylation sites is 2. The Morgan fingerprint density at radius 3 is 2.64 bits per heavy atom. The Bertz CT molecular complexity index is 1230. The van der Waals surface area contributed by atoms with Gasteiger partial charge in [0.2, 0.25) is 0 Å². The average molecular weight is 443 g/mol. The summed E-state index contributed by atoms with van der Waals surface area (Å²) in [6, 6.07) is 17.5. The monoisotopic (exact) mass is 442 g/mol. The molecule has 0 saturated heterocycles. The van der Waals surface area contributed by atoms with Crippen LogP contribution in [0.1, 0.15) is 53.1 Å². The highest BCUT2D eigenvalue weighted by molar-refractivity contribution is 5.94. The molecule has 2 heterocycles. The number of pyridine rings is 1. The van der Waals surface area contributed by atoms with E-state index in [1.807, 2.05) is 31.2 Å². The minimum absolute atomic E-state index is 0.134. The Labute approximate surface area is 194 Å². The van der Waals surface area contributed by atoms with Crippen LogP contribution >= 0.6 is 0 Å². The number of fused-ring (bicyclic) bond motifs is 1. The number of carbonyl (C=O) groups excluding carboxylic acids is 1. The number of aromatic nitrogens is 3. The largest absolute Gasteiger partial charge is 0.493 e. The van der Waals surface area contributed by atoms with E-state index in [1.54, 1.807) is 24.5 Å². The van der Waals surface area contributed by atoms with Gasteiger partial charge in [-0.2, -0.15) is 0 Å². The highest BCUT2D eigenvalue weighted by Gasteiger charge is 2.19. The Kier molecular flexibility index (Phi) is 7.03. The van der Waals surface area contributed by atoms with Crippen molar-refractivity contribution < 1.29 is 9.53 Å². The van der Waals surface area contributed by atoms with Crippen molar-refractivity contribution >= 4 is 16.9 Å². The molecule has 2 aromatic heterocycles. The molecule has 1 unspecified atom stereocenters. The lowest BCUT2D eigenvalue weighted by atomic mass is 10.1. The molecular formula is C27H30N4O2. The Morgan fingerprint density at radius 1 is 1.06 bits per heavy atom. The van der Waals surface area contributed by atoms with Gasteiger partial charge in [0.15, 0.2) is 0 Å². The van der Waals surface area contributed by atoms with Gasteiger partial charge in [0, 0.05) is 24.5 Å². The van der Waals surface area contributed by atoms with Gasteiger partial charge in [-0.1, -0.05) is 29.8 Å². The number of benzene rings is 2. The standard InChI is InChI=1S/C27H30N4O2/c1-19-10-11-25(20(2)18-19)33-17-7-6-16-31-24-9-5-4-8-23(24)30-26(31)21(3)29-27(32)22-12-14-28-15-13-22/h4-5,8-15,18,21H,6-7,16-17H2,1-3H3,(H,29,32). The molecule has 0 aliphatic rings. The number of rotatable bonds is 9. The maximum atomic E-state index is 12.6. The molecule has 0 radical (unpaired) electrons. The summed E-state index contributed by atoms with van der Waals surface area (Å²) in [4.78, 5) is 21.5. The van der Waals surface area contributed by atoms with Crippen LogP contribution in [0.4, 0.5) is 0 Å². The number of aryl methyl sites for hydroxylation is 3. The van der Waals surface area contributed by atoms with Gasteiger partial charge in [0.25, 0.3) is 5.91 Å². The minimum Gasteiger partial charge on any atom is -0.493 e. The molecule has 0 aliphatic heterocycles. The molecular weight excluding hydrogens is 412 g/mol. The van der Waals surface area contributed by atoms with E-state index in [4.69, 9.17) is 9.72 Å². The Balaban J connectivity index is 1.42. The lowest BCUT2D eigenvalue weighted by Crippen LogP contribution is -2.28. The molecule has 1 atom stereocenters. The van der Waals surface area contributed by atoms with Crippen LogP contribution in [-0.2, 0) is 6.54 Å². The van der Waals surface area contributed by atoms with Crippen molar-refractivity contribution in [2.24, 2.45) is 0 Å². The van der Waals surface area contributed by atoms with Crippen LogP contribution in [0.25, 0.3) is 11.0 Å². The van der Waals surface area contributed by atoms with Crippen molar-refractivity contribution in [2.45, 2.75) is 46.2 Å². The van der Waals surface area contributed by atoms with E-state index >= 15 is 0 Å². The van der Waals surface area contributed by atoms with Gasteiger partial charge in [-0.3, -0.25) is 9.78 Å². The highest BCUT2D eigenvalue weighted by Crippen LogP contribution is 2.23. The molecule has 2 aromatic carbocycles. The fraction of sp³-hybridized carbons (Fsp3) is 0.296. The predicted octanol–water partition coefficient (Wildman–Crippen LogP) is 5.40. The van der Waals surface area contributed by atoms with Gasteiger partial charge in [0.05, 0.1) is 23.7 Å². The van der Waals surface area contributed by atoms with Crippen molar-refractivity contribution in [3.8, 4) is 5.75 Å². The molecule has 0 aliphatic carbocycles. The molecule has 1 amide bonds. The zero-order valence-corrected chi connectivity index (χ0v) is 19.4. The molecule has 170 valence electrons. The summed E-state index contributed by atoms with van der Waals surface area (Å²) in [6.07, 6.45) is 5.12. The van der Waals surface area contributed by atoms with Crippen LogP contribution in [0.5, 0.6) is 5.75 Å². The van der Waals surface area contributed by atoms with Crippen molar-refractivity contribution in [3.05, 3.63) is 89.5 Å². The summed E-state index contributed by atoms with van der Waals surface area (Å²) in [5.41, 5.74) is 5.00. The number of carbonyl (C=O) groups is 1. The second kappa shape index (κ2) is 10.3. The topological polar surface area (TPSA) is 69.0 Å². The molecule has 0 spiro atoms. The maximum absolute atomic E-state index is 12.6. The lowest BCUT2D eigenvalue weighted by Gasteiger charge is -2.17. The van der Waals surface area contributed by atoms with Crippen molar-refractivity contribution in [1.82, 2.24) is 19.9 Å². The summed E-state index contributed by atoms with van der Waals surface area (Å²) in [5, 5.41) is 3.07. The molecule has 0 fully saturated rings. The number of hydrogen-bond acceptors (Lipinski definition) is 4. The van der Waals surface area contributed by atoms with Gasteiger partial charge in [-0.25, -0.2) is 4.98 Å². The smallest absolute Gasteiger partial charge is 0.251 e. The van der Waals surface area contributed by atoms with Gasteiger partial charge in [-0.05, 0) is 69.5 Å². The number of unbranched alkanes of at least 4 members (excludes halogenated alkanes) is 1. The molecule has 33 heavy (non-hydrogen) atoms. The van der Waals surface area contributed by atoms with Gasteiger partial charge in [-0.15, -0.1) is 0 Å². The first-order valence-electron chi connectivity index (χ1n) is 11.4. The third-order valence-corrected chi connectivity index (χ3v) is 5.73. The second-order valence-corrected chi connectivity index (χ2v) is 8.37. The quantitative estimate of drug-likeness (QED) is 0.353. The molecule has 1 N–H and O–H groups in total. The fourth-order valence-electron chi connectivity index (χ4n) is 4.02. The third kappa shape index (κ3) is 5.40. The predicted molar refractivity (Wildman–Crippen MR) is 130 cm³/mol. The summed E-state index contributed by atoms with van der Waals surface area (Å²) in [7, 11) is 0. The molecule has 0 saturated carbocycles. The number of amides is 1. The van der Waals surface area contributed by atoms with E-state index in [-0.39, 0.29) is 11.9 Å². The van der Waals surface area contributed by atoms with E-state index in [2.05, 4.69) is 46.9 Å². The van der Waals surface area contributed by atoms with Crippen molar-refractivity contribution in [2.75, 3.05) is 6.61 Å². The van der Waals surface area contributed by atoms with Crippen LogP contribution in [0.2, 0.25) is 0 Å². The van der Waals surface area contributed by atoms with Crippen molar-refractivity contribution in [1.29, 1.82) is 0 Å². The van der Waals surface area contributed by atoms with E-state index < -0.39 is 0 Å². The first kappa shape index (κ1) is 22.5. The maximum Gasteiger partial charge on any atom is 0.251 e. The van der Waals surface area contributed by atoms with Crippen LogP contribution in [0.3, 0.4) is 0 Å². The van der Waals surface area contributed by atoms with Gasteiger partial charge in [0.1, 0.15) is 11.6 Å². The number of hydrogen-bond donors (Lipinski definition) is 1. The van der Waals surface area contributed by atoms with Crippen LogP contribution in [-0.4, -0.2) is 27.0 Å². The number of nitrogens with zero attached hydrogens (tertiary/aromatic N) is 3. The molecule has 4 rings (SSSR count). The molecule has 0 bridgehead atoms. The van der Waals surface area contributed by atoms with Crippen LogP contribution in [0, 0.1) is 13.8 Å². The summed E-state index contributed by atoms with van der Waals surface area (Å²) < 4.78 is 8.20. The van der Waals surface area contributed by atoms with Gasteiger partial charge < -0.3 is 14.6 Å². The summed E-state index contributed by atoms with van der Waals surface area (Å²) >= 11 is 0. The number of nitrogens with one attached hydrogen (secondary N) is 1. The van der Waals surface area contributed by atoms with E-state index in [0.717, 1.165) is 47.6 Å². The second-order valence-electron chi connectivity index (χ2n) is 8.37. The first-order chi connectivity index (χ1) is 16.0. The fourth-order valence-corrected chi connectivity index (χ4v) is 4.02. The number of ether oxygens (including phenoxy) is 1. The molecule has 6 heteroatoms. The zero-order chi connectivity index (χ0) is 23.2. The normalized spacial score (nSPS) is 12.0. The SMILES string of the molecule is Cc1ccc(OCCCCn2c(C(C)NC(=O)c3ccncc3)nc3ccccc32)c(C)c1. The van der Waals surface area contributed by atoms with Gasteiger partial charge >= 0.3 is 0 Å². The van der Waals surface area contributed by atoms with E-state index in [9.17, 15) is 4.79 Å². The molecule has 4 aromatic rings. The average Bonchev–Trinajstić information content (AvgIpc) is 3.19. The minimum atomic E-state index is -0.232. The Morgan fingerprint density at radius 2 is 1.85 bits per heavy atom. The molecule has 6 nitrogen and oxygen atoms in total. The lowest BCUT2D eigenvalue weighted by molar-refractivity contribution is 0.0937. The van der Waals surface area contributed by atoms with Crippen LogP contribution in [0.15, 0.2) is 67.0 Å². The highest BCUT2D eigenvalue weighted by atomic mass is 16.5. The first-order valence-corrected chi connectivity index (χ1v) is 11.4. The van der Waals surface area contributed by atoms with E-state index in [0.29, 0.717) is 12.2 Å². The van der Waals surface area contributed by atoms with Crippen LogP contribution < -0.4 is 10.1 Å². The number of imidazole rings is 1. The Hall–Kier alpha value is -3.67. The van der Waals surface area contributed by atoms with Crippen molar-refractivity contribution in [3.63, 3.8) is 0 Å².